The Bertz CT molecular complexity index is 240. The normalized spacial score (nSPS) is 18.7. The smallest absolute Gasteiger partial charge is 0.239 e. The maximum atomic E-state index is 12.4. The van der Waals surface area contributed by atoms with Crippen molar-refractivity contribution >= 4 is 5.91 Å². The van der Waals surface area contributed by atoms with E-state index >= 15 is 0 Å². The number of carbonyl (C=O) groups is 1. The average molecular weight is 270 g/mol. The summed E-state index contributed by atoms with van der Waals surface area (Å²) in [6.45, 7) is 4.88. The summed E-state index contributed by atoms with van der Waals surface area (Å²) in [5.74, 6) is 0.237. The van der Waals surface area contributed by atoms with E-state index in [9.17, 15) is 4.79 Å². The van der Waals surface area contributed by atoms with E-state index in [-0.39, 0.29) is 18.6 Å². The molecule has 0 spiro atoms. The topological polar surface area (TPSA) is 52.6 Å². The molecule has 1 atom stereocenters. The van der Waals surface area contributed by atoms with Crippen molar-refractivity contribution in [2.45, 2.75) is 64.3 Å². The summed E-state index contributed by atoms with van der Waals surface area (Å²) in [5, 5.41) is 12.2. The summed E-state index contributed by atoms with van der Waals surface area (Å²) >= 11 is 0. The number of nitrogens with zero attached hydrogens (tertiary/aromatic N) is 1. The Morgan fingerprint density at radius 2 is 1.95 bits per heavy atom. The third-order valence-corrected chi connectivity index (χ3v) is 3.79. The molecule has 0 unspecified atom stereocenters. The molecule has 0 bridgehead atoms. The molecule has 0 aliphatic carbocycles. The molecule has 0 aromatic heterocycles. The minimum atomic E-state index is 0.0225. The number of carbonyl (C=O) groups excluding carboxylic acids is 1. The summed E-state index contributed by atoms with van der Waals surface area (Å²) in [6.07, 6.45) is 8.84. The molecule has 19 heavy (non-hydrogen) atoms. The van der Waals surface area contributed by atoms with Crippen LogP contribution in [0.3, 0.4) is 0 Å². The Kier molecular flexibility index (Phi) is 8.84. The van der Waals surface area contributed by atoms with Crippen molar-refractivity contribution in [1.29, 1.82) is 0 Å². The molecule has 1 aliphatic heterocycles. The van der Waals surface area contributed by atoms with Crippen LogP contribution in [0.5, 0.6) is 0 Å². The zero-order chi connectivity index (χ0) is 13.9. The van der Waals surface area contributed by atoms with Gasteiger partial charge in [0.2, 0.25) is 5.91 Å². The molecular formula is C15H30N2O2. The van der Waals surface area contributed by atoms with Gasteiger partial charge in [0.25, 0.3) is 0 Å². The standard InChI is InChI=1S/C15H30N2O2/c1-2-3-4-5-6-11-17(12-8-13-18)15(19)14-9-7-10-16-14/h14,16,18H,2-13H2,1H3/t14-/m1/s1. The summed E-state index contributed by atoms with van der Waals surface area (Å²) in [4.78, 5) is 14.3. The highest BCUT2D eigenvalue weighted by molar-refractivity contribution is 5.82. The molecule has 1 rings (SSSR count). The number of aliphatic hydroxyl groups is 1. The summed E-state index contributed by atoms with van der Waals surface area (Å²) in [6, 6.07) is 0.0225. The van der Waals surface area contributed by atoms with Crippen molar-refractivity contribution in [3.8, 4) is 0 Å². The van der Waals surface area contributed by atoms with E-state index in [4.69, 9.17) is 5.11 Å². The van der Waals surface area contributed by atoms with Crippen LogP contribution in [0.4, 0.5) is 0 Å². The van der Waals surface area contributed by atoms with Gasteiger partial charge in [-0.2, -0.15) is 0 Å². The molecule has 1 fully saturated rings. The summed E-state index contributed by atoms with van der Waals surface area (Å²) in [5.41, 5.74) is 0. The molecule has 112 valence electrons. The second-order valence-corrected chi connectivity index (χ2v) is 5.47. The highest BCUT2D eigenvalue weighted by atomic mass is 16.3. The van der Waals surface area contributed by atoms with Gasteiger partial charge in [-0.05, 0) is 32.2 Å². The van der Waals surface area contributed by atoms with Gasteiger partial charge in [0.05, 0.1) is 6.04 Å². The monoisotopic (exact) mass is 270 g/mol. The zero-order valence-electron chi connectivity index (χ0n) is 12.4. The van der Waals surface area contributed by atoms with Crippen LogP contribution in [0.25, 0.3) is 0 Å². The van der Waals surface area contributed by atoms with Gasteiger partial charge in [-0.1, -0.05) is 32.6 Å². The fourth-order valence-electron chi connectivity index (χ4n) is 2.62. The molecule has 4 heteroatoms. The van der Waals surface area contributed by atoms with Gasteiger partial charge < -0.3 is 15.3 Å². The van der Waals surface area contributed by atoms with E-state index < -0.39 is 0 Å². The third-order valence-electron chi connectivity index (χ3n) is 3.79. The molecule has 4 nitrogen and oxygen atoms in total. The van der Waals surface area contributed by atoms with E-state index in [2.05, 4.69) is 12.2 Å². The Morgan fingerprint density at radius 3 is 2.58 bits per heavy atom. The number of hydrogen-bond donors (Lipinski definition) is 2. The first kappa shape index (κ1) is 16.4. The summed E-state index contributed by atoms with van der Waals surface area (Å²) < 4.78 is 0. The fraction of sp³-hybridized carbons (Fsp3) is 0.933. The lowest BCUT2D eigenvalue weighted by molar-refractivity contribution is -0.133. The number of rotatable bonds is 10. The minimum Gasteiger partial charge on any atom is -0.396 e. The van der Waals surface area contributed by atoms with Crippen LogP contribution in [0.1, 0.15) is 58.3 Å². The van der Waals surface area contributed by atoms with Crippen LogP contribution in [0, 0.1) is 0 Å². The van der Waals surface area contributed by atoms with Gasteiger partial charge in [-0.25, -0.2) is 0 Å². The van der Waals surface area contributed by atoms with Gasteiger partial charge in [-0.3, -0.25) is 4.79 Å². The van der Waals surface area contributed by atoms with Crippen molar-refractivity contribution in [1.82, 2.24) is 10.2 Å². The average Bonchev–Trinajstić information content (AvgIpc) is 2.95. The van der Waals surface area contributed by atoms with Crippen LogP contribution in [-0.4, -0.2) is 48.2 Å². The number of aliphatic hydroxyl groups excluding tert-OH is 1. The van der Waals surface area contributed by atoms with E-state index in [0.29, 0.717) is 13.0 Å². The first-order chi connectivity index (χ1) is 9.29. The van der Waals surface area contributed by atoms with Gasteiger partial charge in [0.15, 0.2) is 0 Å². The highest BCUT2D eigenvalue weighted by Gasteiger charge is 2.26. The summed E-state index contributed by atoms with van der Waals surface area (Å²) in [7, 11) is 0. The van der Waals surface area contributed by atoms with E-state index in [0.717, 1.165) is 32.4 Å². The lowest BCUT2D eigenvalue weighted by atomic mass is 10.1. The minimum absolute atomic E-state index is 0.0225. The lowest BCUT2D eigenvalue weighted by Gasteiger charge is -2.25. The molecule has 1 saturated heterocycles. The molecule has 0 saturated carbocycles. The fourth-order valence-corrected chi connectivity index (χ4v) is 2.62. The molecule has 2 N–H and O–H groups in total. The molecule has 1 aliphatic rings. The molecular weight excluding hydrogens is 240 g/mol. The van der Waals surface area contributed by atoms with E-state index in [1.54, 1.807) is 0 Å². The van der Waals surface area contributed by atoms with Crippen molar-refractivity contribution in [2.24, 2.45) is 0 Å². The Morgan fingerprint density at radius 1 is 1.21 bits per heavy atom. The maximum absolute atomic E-state index is 12.4. The Balaban J connectivity index is 2.30. The molecule has 1 heterocycles. The number of hydrogen-bond acceptors (Lipinski definition) is 3. The van der Waals surface area contributed by atoms with Crippen molar-refractivity contribution in [2.75, 3.05) is 26.2 Å². The van der Waals surface area contributed by atoms with Crippen LogP contribution in [0.15, 0.2) is 0 Å². The molecule has 0 radical (unpaired) electrons. The van der Waals surface area contributed by atoms with E-state index in [1.165, 1.54) is 25.7 Å². The second kappa shape index (κ2) is 10.2. The number of unbranched alkanes of at least 4 members (excludes halogenated alkanes) is 4. The first-order valence-electron chi connectivity index (χ1n) is 7.92. The van der Waals surface area contributed by atoms with Crippen LogP contribution in [0.2, 0.25) is 0 Å². The quantitative estimate of drug-likeness (QED) is 0.596. The van der Waals surface area contributed by atoms with Crippen molar-refractivity contribution < 1.29 is 9.90 Å². The van der Waals surface area contributed by atoms with Gasteiger partial charge in [-0.15, -0.1) is 0 Å². The Hall–Kier alpha value is -0.610. The second-order valence-electron chi connectivity index (χ2n) is 5.47. The third kappa shape index (κ3) is 6.39. The van der Waals surface area contributed by atoms with Gasteiger partial charge in [0.1, 0.15) is 0 Å². The van der Waals surface area contributed by atoms with Crippen LogP contribution in [-0.2, 0) is 4.79 Å². The van der Waals surface area contributed by atoms with Crippen LogP contribution < -0.4 is 5.32 Å². The van der Waals surface area contributed by atoms with Crippen molar-refractivity contribution in [3.63, 3.8) is 0 Å². The molecule has 1 amide bonds. The van der Waals surface area contributed by atoms with Crippen molar-refractivity contribution in [3.05, 3.63) is 0 Å². The van der Waals surface area contributed by atoms with E-state index in [1.807, 2.05) is 4.90 Å². The highest BCUT2D eigenvalue weighted by Crippen LogP contribution is 2.11. The largest absolute Gasteiger partial charge is 0.396 e. The number of amides is 1. The Labute approximate surface area is 117 Å². The number of nitrogens with one attached hydrogen (secondary N) is 1. The molecule has 0 aromatic carbocycles. The maximum Gasteiger partial charge on any atom is 0.239 e. The van der Waals surface area contributed by atoms with Gasteiger partial charge >= 0.3 is 0 Å². The molecule has 0 aromatic rings. The van der Waals surface area contributed by atoms with Crippen LogP contribution >= 0.6 is 0 Å². The predicted octanol–water partition coefficient (Wildman–Crippen LogP) is 1.92. The first-order valence-corrected chi connectivity index (χ1v) is 7.92. The predicted molar refractivity (Wildman–Crippen MR) is 78.1 cm³/mol. The van der Waals surface area contributed by atoms with Gasteiger partial charge in [0, 0.05) is 19.7 Å². The SMILES string of the molecule is CCCCCCCN(CCCO)C(=O)[C@H]1CCCN1. The zero-order valence-corrected chi connectivity index (χ0v) is 12.4. The lowest BCUT2D eigenvalue weighted by Crippen LogP contribution is -2.44.